The molecule has 2 aliphatic rings. The molecule has 0 bridgehead atoms. The Bertz CT molecular complexity index is 916. The molecule has 0 unspecified atom stereocenters. The summed E-state index contributed by atoms with van der Waals surface area (Å²) >= 11 is 0. The molecule has 2 aromatic rings. The molecule has 2 amide bonds. The second kappa shape index (κ2) is 6.95. The molecule has 1 saturated carbocycles. The van der Waals surface area contributed by atoms with Gasteiger partial charge in [0.25, 0.3) is 11.8 Å². The van der Waals surface area contributed by atoms with Gasteiger partial charge in [-0.05, 0) is 68.1 Å². The summed E-state index contributed by atoms with van der Waals surface area (Å²) in [6.07, 6.45) is 4.86. The number of esters is 1. The van der Waals surface area contributed by atoms with Gasteiger partial charge in [0.1, 0.15) is 11.9 Å². The Morgan fingerprint density at radius 1 is 0.926 bits per heavy atom. The van der Waals surface area contributed by atoms with Crippen molar-refractivity contribution in [1.29, 1.82) is 0 Å². The summed E-state index contributed by atoms with van der Waals surface area (Å²) in [7, 11) is 0. The molecule has 6 heteroatoms. The molecule has 2 aromatic carbocycles. The molecule has 27 heavy (non-hydrogen) atoms. The quantitative estimate of drug-likeness (QED) is 0.605. The first-order chi connectivity index (χ1) is 13.0. The molecule has 0 atom stereocenters. The number of nitrogens with zero attached hydrogens (tertiary/aromatic N) is 1. The van der Waals surface area contributed by atoms with Crippen LogP contribution in [0.1, 0.15) is 63.2 Å². The van der Waals surface area contributed by atoms with Crippen LogP contribution in [-0.4, -0.2) is 23.9 Å². The number of hydrogen-bond acceptors (Lipinski definition) is 4. The summed E-state index contributed by atoms with van der Waals surface area (Å²) in [6.45, 7) is 0. The van der Waals surface area contributed by atoms with Crippen molar-refractivity contribution in [3.8, 4) is 0 Å². The van der Waals surface area contributed by atoms with Crippen LogP contribution in [0.15, 0.2) is 42.5 Å². The van der Waals surface area contributed by atoms with Gasteiger partial charge in [0.2, 0.25) is 0 Å². The van der Waals surface area contributed by atoms with Crippen LogP contribution in [0.5, 0.6) is 0 Å². The molecule has 0 radical (unpaired) electrons. The van der Waals surface area contributed by atoms with E-state index in [1.165, 1.54) is 42.5 Å². The maximum Gasteiger partial charge on any atom is 0.338 e. The van der Waals surface area contributed by atoms with Crippen molar-refractivity contribution >= 4 is 23.5 Å². The lowest BCUT2D eigenvalue weighted by Gasteiger charge is -2.21. The number of amides is 2. The van der Waals surface area contributed by atoms with Gasteiger partial charge in [-0.15, -0.1) is 0 Å². The minimum absolute atomic E-state index is 0.0902. The van der Waals surface area contributed by atoms with E-state index in [1.807, 2.05) is 0 Å². The first kappa shape index (κ1) is 17.4. The third kappa shape index (κ3) is 3.23. The van der Waals surface area contributed by atoms with Crippen LogP contribution in [0.25, 0.3) is 0 Å². The van der Waals surface area contributed by atoms with Crippen molar-refractivity contribution in [3.05, 3.63) is 65.0 Å². The number of hydrogen-bond donors (Lipinski definition) is 0. The summed E-state index contributed by atoms with van der Waals surface area (Å²) in [6, 6.07) is 9.49. The molecule has 0 spiro atoms. The lowest BCUT2D eigenvalue weighted by atomic mass is 9.97. The van der Waals surface area contributed by atoms with Crippen LogP contribution in [0.2, 0.25) is 0 Å². The van der Waals surface area contributed by atoms with Crippen LogP contribution in [0.4, 0.5) is 10.1 Å². The summed E-state index contributed by atoms with van der Waals surface area (Å²) in [4.78, 5) is 38.7. The number of anilines is 1. The highest BCUT2D eigenvalue weighted by molar-refractivity contribution is 6.34. The Labute approximate surface area is 155 Å². The Kier molecular flexibility index (Phi) is 4.48. The van der Waals surface area contributed by atoms with Gasteiger partial charge in [-0.3, -0.25) is 9.59 Å². The lowest BCUT2D eigenvalue weighted by molar-refractivity contribution is 0.0211. The largest absolute Gasteiger partial charge is 0.459 e. The number of rotatable bonds is 3. The average molecular weight is 367 g/mol. The van der Waals surface area contributed by atoms with Gasteiger partial charge in [0, 0.05) is 0 Å². The van der Waals surface area contributed by atoms with Gasteiger partial charge in [-0.1, -0.05) is 6.42 Å². The first-order valence-electron chi connectivity index (χ1n) is 9.04. The van der Waals surface area contributed by atoms with E-state index in [2.05, 4.69) is 0 Å². The highest BCUT2D eigenvalue weighted by atomic mass is 19.1. The molecule has 1 fully saturated rings. The van der Waals surface area contributed by atoms with Crippen LogP contribution < -0.4 is 4.90 Å². The molecule has 1 heterocycles. The Morgan fingerprint density at radius 3 is 2.30 bits per heavy atom. The predicted molar refractivity (Wildman–Crippen MR) is 96.3 cm³/mol. The van der Waals surface area contributed by atoms with E-state index in [-0.39, 0.29) is 28.5 Å². The van der Waals surface area contributed by atoms with Crippen LogP contribution in [0.3, 0.4) is 0 Å². The van der Waals surface area contributed by atoms with Gasteiger partial charge in [0.15, 0.2) is 0 Å². The van der Waals surface area contributed by atoms with Crippen molar-refractivity contribution in [2.45, 2.75) is 38.2 Å². The third-order valence-corrected chi connectivity index (χ3v) is 5.03. The van der Waals surface area contributed by atoms with Gasteiger partial charge < -0.3 is 4.74 Å². The van der Waals surface area contributed by atoms with Crippen molar-refractivity contribution in [2.24, 2.45) is 0 Å². The zero-order chi connectivity index (χ0) is 19.0. The van der Waals surface area contributed by atoms with E-state index < -0.39 is 23.6 Å². The molecule has 138 valence electrons. The fourth-order valence-electron chi connectivity index (χ4n) is 3.59. The van der Waals surface area contributed by atoms with Gasteiger partial charge in [-0.2, -0.15) is 0 Å². The van der Waals surface area contributed by atoms with Crippen molar-refractivity contribution in [3.63, 3.8) is 0 Å². The Balaban J connectivity index is 1.58. The normalized spacial score (nSPS) is 17.1. The number of benzene rings is 2. The molecule has 0 N–H and O–H groups in total. The van der Waals surface area contributed by atoms with Crippen molar-refractivity contribution in [1.82, 2.24) is 0 Å². The fourth-order valence-corrected chi connectivity index (χ4v) is 3.59. The van der Waals surface area contributed by atoms with E-state index in [1.54, 1.807) is 0 Å². The van der Waals surface area contributed by atoms with Crippen LogP contribution in [-0.2, 0) is 4.74 Å². The summed E-state index contributed by atoms with van der Waals surface area (Å²) in [5.41, 5.74) is 0.913. The van der Waals surface area contributed by atoms with Crippen LogP contribution in [0, 0.1) is 5.82 Å². The number of halogens is 1. The highest BCUT2D eigenvalue weighted by Gasteiger charge is 2.37. The molecule has 1 aliphatic carbocycles. The lowest BCUT2D eigenvalue weighted by Crippen LogP contribution is -2.29. The maximum atomic E-state index is 13.1. The second-order valence-electron chi connectivity index (χ2n) is 6.85. The maximum absolute atomic E-state index is 13.1. The topological polar surface area (TPSA) is 63.7 Å². The zero-order valence-corrected chi connectivity index (χ0v) is 14.6. The molecule has 0 aromatic heterocycles. The predicted octanol–water partition coefficient (Wildman–Crippen LogP) is 4.12. The molecule has 1 aliphatic heterocycles. The monoisotopic (exact) mass is 367 g/mol. The molecule has 0 saturated heterocycles. The first-order valence-corrected chi connectivity index (χ1v) is 9.04. The highest BCUT2D eigenvalue weighted by Crippen LogP contribution is 2.30. The van der Waals surface area contributed by atoms with E-state index >= 15 is 0 Å². The summed E-state index contributed by atoms with van der Waals surface area (Å²) in [5, 5.41) is 0. The minimum atomic E-state index is -0.533. The van der Waals surface area contributed by atoms with E-state index in [9.17, 15) is 18.8 Å². The van der Waals surface area contributed by atoms with Crippen molar-refractivity contribution < 1.29 is 23.5 Å². The standard InChI is InChI=1S/C21H18FNO4/c22-14-7-9-15(10-8-14)23-19(24)17-11-6-13(12-18(17)20(23)25)21(26)27-16-4-2-1-3-5-16/h6-12,16H,1-5H2. The smallest absolute Gasteiger partial charge is 0.338 e. The zero-order valence-electron chi connectivity index (χ0n) is 14.6. The van der Waals surface area contributed by atoms with Gasteiger partial charge in [-0.25, -0.2) is 14.1 Å². The number of ether oxygens (including phenoxy) is 1. The van der Waals surface area contributed by atoms with Gasteiger partial charge in [0.05, 0.1) is 22.4 Å². The summed E-state index contributed by atoms with van der Waals surface area (Å²) < 4.78 is 18.7. The SMILES string of the molecule is O=C(OC1CCCCC1)c1ccc2c(c1)C(=O)N(c1ccc(F)cc1)C2=O. The van der Waals surface area contributed by atoms with Crippen molar-refractivity contribution in [2.75, 3.05) is 4.90 Å². The molecular formula is C21H18FNO4. The fraction of sp³-hybridized carbons (Fsp3) is 0.286. The molecule has 4 rings (SSSR count). The van der Waals surface area contributed by atoms with E-state index in [0.717, 1.165) is 37.0 Å². The van der Waals surface area contributed by atoms with Crippen LogP contribution >= 0.6 is 0 Å². The number of carbonyl (C=O) groups excluding carboxylic acids is 3. The number of carbonyl (C=O) groups is 3. The minimum Gasteiger partial charge on any atom is -0.459 e. The molecule has 5 nitrogen and oxygen atoms in total. The Morgan fingerprint density at radius 2 is 1.59 bits per heavy atom. The van der Waals surface area contributed by atoms with Gasteiger partial charge >= 0.3 is 5.97 Å². The second-order valence-corrected chi connectivity index (χ2v) is 6.85. The summed E-state index contributed by atoms with van der Waals surface area (Å²) in [5.74, 6) is -1.96. The Hall–Kier alpha value is -3.02. The number of imide groups is 1. The number of fused-ring (bicyclic) bond motifs is 1. The molecular weight excluding hydrogens is 349 g/mol. The van der Waals surface area contributed by atoms with E-state index in [4.69, 9.17) is 4.74 Å². The van der Waals surface area contributed by atoms with E-state index in [0.29, 0.717) is 0 Å². The average Bonchev–Trinajstić information content (AvgIpc) is 2.93. The third-order valence-electron chi connectivity index (χ3n) is 5.03.